The molecule has 1 heterocycles. The summed E-state index contributed by atoms with van der Waals surface area (Å²) in [6.45, 7) is 2.67. The maximum atomic E-state index is 10.3. The Balaban J connectivity index is 2.07. The Hall–Kier alpha value is -2.62. The van der Waals surface area contributed by atoms with Gasteiger partial charge in [-0.3, -0.25) is 9.48 Å². The normalized spacial score (nSPS) is 10.8. The molecule has 3 aromatic rings. The molecule has 21 heavy (non-hydrogen) atoms. The van der Waals surface area contributed by atoms with Crippen molar-refractivity contribution in [2.24, 2.45) is 7.05 Å². The van der Waals surface area contributed by atoms with Crippen LogP contribution in [0.3, 0.4) is 0 Å². The molecule has 1 aromatic heterocycles. The lowest BCUT2D eigenvalue weighted by Gasteiger charge is -2.09. The summed E-state index contributed by atoms with van der Waals surface area (Å²) in [7, 11) is 1.95. The molecule has 1 amide bonds. The second kappa shape index (κ2) is 5.40. The molecule has 3 rings (SSSR count). The van der Waals surface area contributed by atoms with Crippen molar-refractivity contribution in [2.45, 2.75) is 13.5 Å². The quantitative estimate of drug-likeness (QED) is 0.746. The third kappa shape index (κ3) is 2.40. The number of aromatic nitrogens is 2. The van der Waals surface area contributed by atoms with Crippen molar-refractivity contribution in [2.75, 3.05) is 0 Å². The van der Waals surface area contributed by atoms with E-state index in [1.807, 2.05) is 30.1 Å². The van der Waals surface area contributed by atoms with Crippen LogP contribution < -0.4 is 5.32 Å². The summed E-state index contributed by atoms with van der Waals surface area (Å²) in [4.78, 5) is 10.3. The second-order valence-electron chi connectivity index (χ2n) is 5.15. The van der Waals surface area contributed by atoms with Gasteiger partial charge in [-0.15, -0.1) is 0 Å². The van der Waals surface area contributed by atoms with E-state index in [1.54, 1.807) is 0 Å². The van der Waals surface area contributed by atoms with Gasteiger partial charge in [0.25, 0.3) is 0 Å². The SMILES string of the molecule is Cc1ccc2c(cnn2C)c1-c1ccc(CNC=O)cc1. The number of nitrogens with zero attached hydrogens (tertiary/aromatic N) is 2. The zero-order valence-corrected chi connectivity index (χ0v) is 12.1. The van der Waals surface area contributed by atoms with E-state index in [0.29, 0.717) is 13.0 Å². The van der Waals surface area contributed by atoms with Gasteiger partial charge in [-0.2, -0.15) is 5.10 Å². The van der Waals surface area contributed by atoms with Crippen molar-refractivity contribution in [1.29, 1.82) is 0 Å². The van der Waals surface area contributed by atoms with Crippen LogP contribution in [-0.4, -0.2) is 16.2 Å². The van der Waals surface area contributed by atoms with Crippen LogP contribution in [0, 0.1) is 6.92 Å². The smallest absolute Gasteiger partial charge is 0.207 e. The Morgan fingerprint density at radius 3 is 2.67 bits per heavy atom. The van der Waals surface area contributed by atoms with Gasteiger partial charge in [0.2, 0.25) is 6.41 Å². The minimum Gasteiger partial charge on any atom is -0.355 e. The molecule has 0 aliphatic heterocycles. The molecule has 106 valence electrons. The van der Waals surface area contributed by atoms with Crippen LogP contribution in [0.4, 0.5) is 0 Å². The van der Waals surface area contributed by atoms with Gasteiger partial charge < -0.3 is 5.32 Å². The van der Waals surface area contributed by atoms with Gasteiger partial charge in [0, 0.05) is 19.0 Å². The second-order valence-corrected chi connectivity index (χ2v) is 5.15. The number of benzene rings is 2. The van der Waals surface area contributed by atoms with Crippen LogP contribution >= 0.6 is 0 Å². The molecule has 0 atom stereocenters. The third-order valence-electron chi connectivity index (χ3n) is 3.77. The van der Waals surface area contributed by atoms with Crippen LogP contribution in [0.5, 0.6) is 0 Å². The summed E-state index contributed by atoms with van der Waals surface area (Å²) < 4.78 is 1.89. The standard InChI is InChI=1S/C17H17N3O/c1-12-3-8-16-15(10-19-20(16)2)17(12)14-6-4-13(5-7-14)9-18-11-21/h3-8,10-11H,9H2,1-2H3,(H,18,21). The minimum atomic E-state index is 0.555. The fourth-order valence-corrected chi connectivity index (χ4v) is 2.67. The van der Waals surface area contributed by atoms with Crippen LogP contribution in [0.1, 0.15) is 11.1 Å². The summed E-state index contributed by atoms with van der Waals surface area (Å²) in [6, 6.07) is 12.5. The first-order valence-corrected chi connectivity index (χ1v) is 6.88. The maximum absolute atomic E-state index is 10.3. The Labute approximate surface area is 123 Å². The van der Waals surface area contributed by atoms with Crippen LogP contribution in [-0.2, 0) is 18.4 Å². The average molecular weight is 279 g/mol. The molecular weight excluding hydrogens is 262 g/mol. The number of amides is 1. The number of carbonyl (C=O) groups excluding carboxylic acids is 1. The van der Waals surface area contributed by atoms with E-state index >= 15 is 0 Å². The first-order valence-electron chi connectivity index (χ1n) is 6.88. The van der Waals surface area contributed by atoms with Crippen molar-refractivity contribution >= 4 is 17.3 Å². The van der Waals surface area contributed by atoms with Crippen molar-refractivity contribution < 1.29 is 4.79 Å². The van der Waals surface area contributed by atoms with Crippen molar-refractivity contribution in [3.05, 3.63) is 53.7 Å². The molecule has 4 heteroatoms. The van der Waals surface area contributed by atoms with Gasteiger partial charge in [-0.05, 0) is 35.2 Å². The molecule has 0 radical (unpaired) electrons. The lowest BCUT2D eigenvalue weighted by molar-refractivity contribution is -0.109. The molecule has 2 aromatic carbocycles. The highest BCUT2D eigenvalue weighted by Crippen LogP contribution is 2.31. The fourth-order valence-electron chi connectivity index (χ4n) is 2.67. The fraction of sp³-hybridized carbons (Fsp3) is 0.176. The molecule has 0 fully saturated rings. The van der Waals surface area contributed by atoms with E-state index in [1.165, 1.54) is 16.7 Å². The number of hydrogen-bond donors (Lipinski definition) is 1. The average Bonchev–Trinajstić information content (AvgIpc) is 2.87. The molecule has 4 nitrogen and oxygen atoms in total. The van der Waals surface area contributed by atoms with E-state index in [4.69, 9.17) is 0 Å². The molecule has 1 N–H and O–H groups in total. The highest BCUT2D eigenvalue weighted by molar-refractivity contribution is 5.96. The number of nitrogens with one attached hydrogen (secondary N) is 1. The van der Waals surface area contributed by atoms with Crippen LogP contribution in [0.15, 0.2) is 42.6 Å². The highest BCUT2D eigenvalue weighted by atomic mass is 16.1. The molecular formula is C17H17N3O. The van der Waals surface area contributed by atoms with Crippen LogP contribution in [0.2, 0.25) is 0 Å². The van der Waals surface area contributed by atoms with E-state index in [0.717, 1.165) is 16.5 Å². The highest BCUT2D eigenvalue weighted by Gasteiger charge is 2.10. The number of fused-ring (bicyclic) bond motifs is 1. The number of hydrogen-bond acceptors (Lipinski definition) is 2. The van der Waals surface area contributed by atoms with Crippen molar-refractivity contribution in [1.82, 2.24) is 15.1 Å². The van der Waals surface area contributed by atoms with Gasteiger partial charge >= 0.3 is 0 Å². The van der Waals surface area contributed by atoms with Crippen molar-refractivity contribution in [3.63, 3.8) is 0 Å². The maximum Gasteiger partial charge on any atom is 0.207 e. The Bertz CT molecular complexity index is 788. The third-order valence-corrected chi connectivity index (χ3v) is 3.77. The minimum absolute atomic E-state index is 0.555. The molecule has 0 aliphatic carbocycles. The van der Waals surface area contributed by atoms with E-state index < -0.39 is 0 Å². The summed E-state index contributed by atoms with van der Waals surface area (Å²) in [6.07, 6.45) is 2.63. The van der Waals surface area contributed by atoms with Crippen LogP contribution in [0.25, 0.3) is 22.0 Å². The van der Waals surface area contributed by atoms with Gasteiger partial charge in [0.15, 0.2) is 0 Å². The van der Waals surface area contributed by atoms with Gasteiger partial charge in [-0.1, -0.05) is 30.3 Å². The predicted molar refractivity (Wildman–Crippen MR) is 83.8 cm³/mol. The monoisotopic (exact) mass is 279 g/mol. The van der Waals surface area contributed by atoms with E-state index in [-0.39, 0.29) is 0 Å². The largest absolute Gasteiger partial charge is 0.355 e. The molecule has 0 bridgehead atoms. The topological polar surface area (TPSA) is 46.9 Å². The van der Waals surface area contributed by atoms with Gasteiger partial charge in [0.05, 0.1) is 11.7 Å². The number of aryl methyl sites for hydroxylation is 2. The summed E-state index contributed by atoms with van der Waals surface area (Å²) in [5, 5.41) is 8.19. The van der Waals surface area contributed by atoms with Gasteiger partial charge in [-0.25, -0.2) is 0 Å². The molecule has 0 unspecified atom stereocenters. The Kier molecular flexibility index (Phi) is 3.44. The summed E-state index contributed by atoms with van der Waals surface area (Å²) >= 11 is 0. The first kappa shape index (κ1) is 13.4. The number of carbonyl (C=O) groups is 1. The summed E-state index contributed by atoms with van der Waals surface area (Å²) in [5.74, 6) is 0. The molecule has 0 saturated carbocycles. The zero-order chi connectivity index (χ0) is 14.8. The Morgan fingerprint density at radius 1 is 1.19 bits per heavy atom. The predicted octanol–water partition coefficient (Wildman–Crippen LogP) is 2.79. The molecule has 0 spiro atoms. The van der Waals surface area contributed by atoms with E-state index in [9.17, 15) is 4.79 Å². The van der Waals surface area contributed by atoms with Gasteiger partial charge in [0.1, 0.15) is 0 Å². The molecule has 0 saturated heterocycles. The van der Waals surface area contributed by atoms with E-state index in [2.05, 4.69) is 41.6 Å². The zero-order valence-electron chi connectivity index (χ0n) is 12.1. The Morgan fingerprint density at radius 2 is 1.95 bits per heavy atom. The van der Waals surface area contributed by atoms with Crippen molar-refractivity contribution in [3.8, 4) is 11.1 Å². The lowest BCUT2D eigenvalue weighted by Crippen LogP contribution is -2.09. The molecule has 0 aliphatic rings. The lowest BCUT2D eigenvalue weighted by atomic mass is 9.96. The summed E-state index contributed by atoms with van der Waals surface area (Å²) in [5.41, 5.74) is 5.83. The number of rotatable bonds is 4. The first-order chi connectivity index (χ1) is 10.2.